The molecule has 2 aromatic heterocycles. The molecule has 15 rings (SSSR count). The summed E-state index contributed by atoms with van der Waals surface area (Å²) in [5, 5.41) is 17.9. The van der Waals surface area contributed by atoms with E-state index in [9.17, 15) is 0 Å². The van der Waals surface area contributed by atoms with Crippen molar-refractivity contribution in [1.82, 2.24) is 4.57 Å². The quantitative estimate of drug-likeness (QED) is 0.123. The first kappa shape index (κ1) is 37.2. The Morgan fingerprint density at radius 2 is 0.896 bits per heavy atom. The summed E-state index contributed by atoms with van der Waals surface area (Å²) in [6.07, 6.45) is 0. The molecule has 2 heteroatoms. The molecule has 1 nitrogen and oxygen atoms in total. The Morgan fingerprint density at radius 3 is 1.64 bits per heavy atom. The normalized spacial score (nSPS) is 13.3. The van der Waals surface area contributed by atoms with Crippen LogP contribution in [0.4, 0.5) is 0 Å². The molecule has 1 aliphatic carbocycles. The molecule has 0 aliphatic heterocycles. The summed E-state index contributed by atoms with van der Waals surface area (Å²) in [5.41, 5.74) is 14.0. The average Bonchev–Trinajstić information content (AvgIpc) is 3.97. The average molecular weight is 868 g/mol. The maximum Gasteiger partial charge on any atom is 0.0547 e. The van der Waals surface area contributed by atoms with Crippen LogP contribution >= 0.6 is 11.3 Å². The van der Waals surface area contributed by atoms with Gasteiger partial charge in [-0.15, -0.1) is 11.3 Å². The molecule has 0 radical (unpaired) electrons. The molecule has 14 aromatic rings. The van der Waals surface area contributed by atoms with E-state index in [1.54, 1.807) is 0 Å². The van der Waals surface area contributed by atoms with Crippen LogP contribution in [0.2, 0.25) is 0 Å². The van der Waals surface area contributed by atoms with Gasteiger partial charge in [0.25, 0.3) is 0 Å². The fourth-order valence-corrected chi connectivity index (χ4v) is 13.4. The number of thiophene rings is 1. The number of fused-ring (bicyclic) bond motifs is 15. The van der Waals surface area contributed by atoms with Crippen LogP contribution < -0.4 is 0 Å². The second kappa shape index (κ2) is 13.5. The van der Waals surface area contributed by atoms with Crippen LogP contribution in [0.3, 0.4) is 0 Å². The summed E-state index contributed by atoms with van der Waals surface area (Å²) in [5.74, 6) is 0. The SMILES string of the molecule is CC1(C)c2ccccc2-c2cc3c(cc21)c1ccc(-c2c4ccccc4c(-c4ccc5c(c4)sc4cc6ccc7ccccc7c6cc45)c4ccccc24)cc1n3-c1cccc2ccccc12. The van der Waals surface area contributed by atoms with Gasteiger partial charge in [0.15, 0.2) is 0 Å². The van der Waals surface area contributed by atoms with Gasteiger partial charge in [0.1, 0.15) is 0 Å². The molecule has 312 valence electrons. The van der Waals surface area contributed by atoms with Gasteiger partial charge < -0.3 is 4.57 Å². The van der Waals surface area contributed by atoms with Gasteiger partial charge in [-0.1, -0.05) is 184 Å². The van der Waals surface area contributed by atoms with Crippen molar-refractivity contribution in [3.05, 3.63) is 223 Å². The molecule has 2 heterocycles. The van der Waals surface area contributed by atoms with Crippen molar-refractivity contribution in [2.45, 2.75) is 19.3 Å². The van der Waals surface area contributed by atoms with Crippen molar-refractivity contribution in [3.8, 4) is 39.1 Å². The first-order valence-electron chi connectivity index (χ1n) is 23.4. The van der Waals surface area contributed by atoms with E-state index in [0.29, 0.717) is 0 Å². The third-order valence-corrected chi connectivity index (χ3v) is 16.4. The molecule has 0 atom stereocenters. The standard InChI is InChI=1S/C65H41NS/c1-65(2)56-24-12-11-19-45(56)53-37-60-54(36-57(53)65)46-30-28-41(32-59(46)66(60)58-25-13-16-38-14-4-6-18-44(38)58)63-48-20-7-9-22-50(48)64(51-23-10-8-21-49(51)63)42-29-31-47-55-35-52-40(33-62(55)67-61(47)34-42)27-26-39-15-3-5-17-43(39)52/h3-37H,1-2H3. The van der Waals surface area contributed by atoms with E-state index < -0.39 is 0 Å². The highest BCUT2D eigenvalue weighted by Crippen LogP contribution is 2.52. The molecule has 1 aliphatic rings. The molecule has 0 bridgehead atoms. The van der Waals surface area contributed by atoms with Crippen LogP contribution in [0.15, 0.2) is 212 Å². The zero-order chi connectivity index (χ0) is 44.1. The van der Waals surface area contributed by atoms with E-state index in [1.807, 2.05) is 11.3 Å². The number of nitrogens with zero attached hydrogens (tertiary/aromatic N) is 1. The number of aromatic nitrogens is 1. The fraction of sp³-hybridized carbons (Fsp3) is 0.0462. The largest absolute Gasteiger partial charge is 0.309 e. The molecular weight excluding hydrogens is 827 g/mol. The van der Waals surface area contributed by atoms with Crippen LogP contribution in [-0.2, 0) is 5.41 Å². The van der Waals surface area contributed by atoms with Crippen LogP contribution in [-0.4, -0.2) is 4.57 Å². The fourth-order valence-electron chi connectivity index (χ4n) is 12.2. The molecule has 0 unspecified atom stereocenters. The van der Waals surface area contributed by atoms with Crippen LogP contribution in [0, 0.1) is 0 Å². The Kier molecular flexibility index (Phi) is 7.51. The summed E-state index contributed by atoms with van der Waals surface area (Å²) < 4.78 is 5.19. The summed E-state index contributed by atoms with van der Waals surface area (Å²) in [7, 11) is 0. The lowest BCUT2D eigenvalue weighted by molar-refractivity contribution is 0.661. The zero-order valence-electron chi connectivity index (χ0n) is 37.1. The van der Waals surface area contributed by atoms with Crippen molar-refractivity contribution in [2.75, 3.05) is 0 Å². The molecule has 0 spiro atoms. The molecule has 0 amide bonds. The Balaban J connectivity index is 0.976. The lowest BCUT2D eigenvalue weighted by Gasteiger charge is -2.21. The highest BCUT2D eigenvalue weighted by molar-refractivity contribution is 7.26. The molecule has 0 fully saturated rings. The van der Waals surface area contributed by atoms with E-state index in [4.69, 9.17) is 0 Å². The third-order valence-electron chi connectivity index (χ3n) is 15.3. The number of hydrogen-bond acceptors (Lipinski definition) is 1. The van der Waals surface area contributed by atoms with Crippen LogP contribution in [0.5, 0.6) is 0 Å². The summed E-state index contributed by atoms with van der Waals surface area (Å²) in [4.78, 5) is 0. The van der Waals surface area contributed by atoms with Crippen molar-refractivity contribution in [3.63, 3.8) is 0 Å². The Bertz CT molecular complexity index is 4420. The lowest BCUT2D eigenvalue weighted by atomic mass is 9.82. The molecule has 12 aromatic carbocycles. The lowest BCUT2D eigenvalue weighted by Crippen LogP contribution is -2.14. The minimum atomic E-state index is -0.0982. The Hall–Kier alpha value is -8.04. The zero-order valence-corrected chi connectivity index (χ0v) is 37.9. The van der Waals surface area contributed by atoms with E-state index >= 15 is 0 Å². The first-order valence-corrected chi connectivity index (χ1v) is 24.2. The van der Waals surface area contributed by atoms with E-state index in [1.165, 1.54) is 146 Å². The molecular formula is C65H41NS. The van der Waals surface area contributed by atoms with Crippen molar-refractivity contribution >= 4 is 107 Å². The smallest absolute Gasteiger partial charge is 0.0547 e. The highest BCUT2D eigenvalue weighted by Gasteiger charge is 2.36. The maximum atomic E-state index is 2.55. The van der Waals surface area contributed by atoms with Gasteiger partial charge in [-0.05, 0) is 135 Å². The van der Waals surface area contributed by atoms with Gasteiger partial charge in [0.05, 0.1) is 16.7 Å². The van der Waals surface area contributed by atoms with Crippen LogP contribution in [0.1, 0.15) is 25.0 Å². The summed E-state index contributed by atoms with van der Waals surface area (Å²) >= 11 is 1.91. The van der Waals surface area contributed by atoms with Crippen molar-refractivity contribution in [1.29, 1.82) is 0 Å². The Morgan fingerprint density at radius 1 is 0.328 bits per heavy atom. The maximum absolute atomic E-state index is 2.55. The first-order chi connectivity index (χ1) is 33.0. The number of benzene rings is 12. The third kappa shape index (κ3) is 5.14. The topological polar surface area (TPSA) is 4.93 Å². The van der Waals surface area contributed by atoms with E-state index in [0.717, 1.165) is 0 Å². The second-order valence-electron chi connectivity index (χ2n) is 19.2. The van der Waals surface area contributed by atoms with Crippen molar-refractivity contribution in [2.24, 2.45) is 0 Å². The Labute approximate surface area is 391 Å². The minimum absolute atomic E-state index is 0.0982. The molecule has 0 saturated heterocycles. The summed E-state index contributed by atoms with van der Waals surface area (Å²) in [6, 6.07) is 80.3. The molecule has 67 heavy (non-hydrogen) atoms. The number of rotatable bonds is 3. The van der Waals surface area contributed by atoms with Gasteiger partial charge in [-0.3, -0.25) is 0 Å². The van der Waals surface area contributed by atoms with Crippen molar-refractivity contribution < 1.29 is 0 Å². The summed E-state index contributed by atoms with van der Waals surface area (Å²) in [6.45, 7) is 4.77. The second-order valence-corrected chi connectivity index (χ2v) is 20.2. The minimum Gasteiger partial charge on any atom is -0.309 e. The van der Waals surface area contributed by atoms with E-state index in [-0.39, 0.29) is 5.41 Å². The van der Waals surface area contributed by atoms with Gasteiger partial charge in [0.2, 0.25) is 0 Å². The number of hydrogen-bond donors (Lipinski definition) is 0. The van der Waals surface area contributed by atoms with Gasteiger partial charge in [-0.2, -0.15) is 0 Å². The van der Waals surface area contributed by atoms with E-state index in [2.05, 4.69) is 231 Å². The predicted molar refractivity (Wildman–Crippen MR) is 290 cm³/mol. The molecule has 0 N–H and O–H groups in total. The van der Waals surface area contributed by atoms with Gasteiger partial charge in [-0.25, -0.2) is 0 Å². The van der Waals surface area contributed by atoms with Gasteiger partial charge >= 0.3 is 0 Å². The monoisotopic (exact) mass is 867 g/mol. The van der Waals surface area contributed by atoms with Crippen LogP contribution in [0.25, 0.3) is 135 Å². The van der Waals surface area contributed by atoms with Gasteiger partial charge in [0, 0.05) is 41.7 Å². The molecule has 0 saturated carbocycles. The predicted octanol–water partition coefficient (Wildman–Crippen LogP) is 18.6. The highest BCUT2D eigenvalue weighted by atomic mass is 32.1.